The third-order valence-corrected chi connectivity index (χ3v) is 5.27. The number of benzene rings is 1. The highest BCUT2D eigenvalue weighted by Gasteiger charge is 2.18. The molecule has 25 heavy (non-hydrogen) atoms. The summed E-state index contributed by atoms with van der Waals surface area (Å²) in [5, 5.41) is 12.3. The second-order valence-corrected chi connectivity index (χ2v) is 7.04. The van der Waals surface area contributed by atoms with Gasteiger partial charge >= 0.3 is 0 Å². The van der Waals surface area contributed by atoms with Crippen LogP contribution < -0.4 is 5.32 Å². The average molecular weight is 360 g/mol. The summed E-state index contributed by atoms with van der Waals surface area (Å²) in [5.41, 5.74) is 2.24. The lowest BCUT2D eigenvalue weighted by molar-refractivity contribution is -0.119. The normalized spacial score (nSPS) is 17.0. The van der Waals surface area contributed by atoms with Crippen molar-refractivity contribution in [3.05, 3.63) is 29.8 Å². The van der Waals surface area contributed by atoms with Crippen LogP contribution in [0.1, 0.15) is 25.3 Å². The minimum Gasteiger partial charge on any atom is -0.376 e. The molecule has 0 unspecified atom stereocenters. The molecule has 0 spiro atoms. The first-order valence-corrected chi connectivity index (χ1v) is 9.68. The van der Waals surface area contributed by atoms with Crippen molar-refractivity contribution in [2.45, 2.75) is 44.5 Å². The van der Waals surface area contributed by atoms with E-state index in [1.807, 2.05) is 18.2 Å². The molecule has 134 valence electrons. The summed E-state index contributed by atoms with van der Waals surface area (Å²) < 4.78 is 7.57. The maximum absolute atomic E-state index is 12.1. The zero-order valence-electron chi connectivity index (χ0n) is 14.7. The highest BCUT2D eigenvalue weighted by Crippen LogP contribution is 2.26. The van der Waals surface area contributed by atoms with Crippen molar-refractivity contribution in [3.8, 4) is 11.4 Å². The average Bonchev–Trinajstić information content (AvgIpc) is 3.28. The standard InChI is InChI=1S/C18H24N4O2S/c1-3-22-17(15-9-5-4-7-13(15)2)20-21-18(22)25-12-16(23)19-11-14-8-6-10-24-14/h4-5,7,9,14H,3,6,8,10-12H2,1-2H3,(H,19,23)/t14-/m0/s1. The molecule has 1 amide bonds. The van der Waals surface area contributed by atoms with Crippen LogP contribution in [0, 0.1) is 6.92 Å². The van der Waals surface area contributed by atoms with E-state index >= 15 is 0 Å². The Kier molecular flexibility index (Phi) is 6.09. The number of carbonyl (C=O) groups excluding carboxylic acids is 1. The molecule has 7 heteroatoms. The third-order valence-electron chi connectivity index (χ3n) is 4.30. The fraction of sp³-hybridized carbons (Fsp3) is 0.500. The van der Waals surface area contributed by atoms with Crippen molar-refractivity contribution in [1.82, 2.24) is 20.1 Å². The van der Waals surface area contributed by atoms with Crippen LogP contribution in [0.25, 0.3) is 11.4 Å². The molecule has 2 heterocycles. The van der Waals surface area contributed by atoms with Crippen LogP contribution in [0.3, 0.4) is 0 Å². The molecule has 1 aromatic heterocycles. The Balaban J connectivity index is 1.61. The van der Waals surface area contributed by atoms with Gasteiger partial charge in [-0.15, -0.1) is 10.2 Å². The van der Waals surface area contributed by atoms with Crippen LogP contribution in [0.15, 0.2) is 29.4 Å². The molecule has 1 atom stereocenters. The van der Waals surface area contributed by atoms with Crippen LogP contribution in [0.2, 0.25) is 0 Å². The molecule has 1 saturated heterocycles. The van der Waals surface area contributed by atoms with Gasteiger partial charge in [0.2, 0.25) is 5.91 Å². The molecular formula is C18H24N4O2S. The Morgan fingerprint density at radius 3 is 2.96 bits per heavy atom. The summed E-state index contributed by atoms with van der Waals surface area (Å²) in [4.78, 5) is 12.1. The van der Waals surface area contributed by atoms with Crippen molar-refractivity contribution >= 4 is 17.7 Å². The Bertz CT molecular complexity index is 726. The minimum absolute atomic E-state index is 0.00333. The molecule has 1 fully saturated rings. The number of aromatic nitrogens is 3. The summed E-state index contributed by atoms with van der Waals surface area (Å²) in [6.07, 6.45) is 2.27. The summed E-state index contributed by atoms with van der Waals surface area (Å²) >= 11 is 1.42. The molecule has 1 aliphatic rings. The van der Waals surface area contributed by atoms with E-state index in [4.69, 9.17) is 4.74 Å². The topological polar surface area (TPSA) is 69.0 Å². The van der Waals surface area contributed by atoms with E-state index in [-0.39, 0.29) is 12.0 Å². The fourth-order valence-corrected chi connectivity index (χ4v) is 3.75. The molecule has 0 aliphatic carbocycles. The first-order chi connectivity index (χ1) is 12.2. The number of amides is 1. The molecule has 2 aromatic rings. The van der Waals surface area contributed by atoms with Crippen LogP contribution in [-0.2, 0) is 16.1 Å². The Morgan fingerprint density at radius 1 is 1.40 bits per heavy atom. The maximum Gasteiger partial charge on any atom is 0.230 e. The van der Waals surface area contributed by atoms with Gasteiger partial charge in [-0.05, 0) is 32.3 Å². The number of carbonyl (C=O) groups is 1. The molecule has 1 aromatic carbocycles. The maximum atomic E-state index is 12.1. The fourth-order valence-electron chi connectivity index (χ4n) is 2.92. The number of rotatable bonds is 7. The van der Waals surface area contributed by atoms with Gasteiger partial charge in [-0.2, -0.15) is 0 Å². The number of thioether (sulfide) groups is 1. The van der Waals surface area contributed by atoms with E-state index in [9.17, 15) is 4.79 Å². The second kappa shape index (κ2) is 8.49. The van der Waals surface area contributed by atoms with E-state index in [0.29, 0.717) is 12.3 Å². The number of hydrogen-bond acceptors (Lipinski definition) is 5. The summed E-state index contributed by atoms with van der Waals surface area (Å²) in [6, 6.07) is 8.13. The van der Waals surface area contributed by atoms with Gasteiger partial charge in [0.1, 0.15) is 0 Å². The van der Waals surface area contributed by atoms with Gasteiger partial charge in [-0.1, -0.05) is 36.0 Å². The smallest absolute Gasteiger partial charge is 0.230 e. The predicted molar refractivity (Wildman–Crippen MR) is 98.6 cm³/mol. The number of nitrogens with zero attached hydrogens (tertiary/aromatic N) is 3. The largest absolute Gasteiger partial charge is 0.376 e. The summed E-state index contributed by atoms with van der Waals surface area (Å²) in [6.45, 7) is 6.28. The van der Waals surface area contributed by atoms with Gasteiger partial charge in [0, 0.05) is 25.3 Å². The number of aryl methyl sites for hydroxylation is 1. The zero-order chi connectivity index (χ0) is 17.6. The Morgan fingerprint density at radius 2 is 2.24 bits per heavy atom. The molecule has 0 bridgehead atoms. The van der Waals surface area contributed by atoms with Crippen molar-refractivity contribution in [1.29, 1.82) is 0 Å². The predicted octanol–water partition coefficient (Wildman–Crippen LogP) is 2.66. The van der Waals surface area contributed by atoms with Gasteiger partial charge < -0.3 is 14.6 Å². The van der Waals surface area contributed by atoms with Crippen molar-refractivity contribution < 1.29 is 9.53 Å². The highest BCUT2D eigenvalue weighted by molar-refractivity contribution is 7.99. The highest BCUT2D eigenvalue weighted by atomic mass is 32.2. The van der Waals surface area contributed by atoms with Crippen LogP contribution in [0.5, 0.6) is 0 Å². The first kappa shape index (κ1) is 17.9. The molecule has 3 rings (SSSR count). The SMILES string of the molecule is CCn1c(SCC(=O)NC[C@@H]2CCCO2)nnc1-c1ccccc1C. The van der Waals surface area contributed by atoms with E-state index in [1.165, 1.54) is 11.8 Å². The van der Waals surface area contributed by atoms with Crippen molar-refractivity contribution in [3.63, 3.8) is 0 Å². The van der Waals surface area contributed by atoms with Gasteiger partial charge in [-0.25, -0.2) is 0 Å². The van der Waals surface area contributed by atoms with Gasteiger partial charge in [0.15, 0.2) is 11.0 Å². The van der Waals surface area contributed by atoms with E-state index in [2.05, 4.69) is 40.0 Å². The van der Waals surface area contributed by atoms with Crippen molar-refractivity contribution in [2.75, 3.05) is 18.9 Å². The van der Waals surface area contributed by atoms with Crippen LogP contribution >= 0.6 is 11.8 Å². The van der Waals surface area contributed by atoms with Crippen LogP contribution in [-0.4, -0.2) is 45.7 Å². The molecular weight excluding hydrogens is 336 g/mol. The van der Waals surface area contributed by atoms with Crippen molar-refractivity contribution in [2.24, 2.45) is 0 Å². The quantitative estimate of drug-likeness (QED) is 0.769. The third kappa shape index (κ3) is 4.41. The number of hydrogen-bond donors (Lipinski definition) is 1. The minimum atomic E-state index is 0.00333. The molecule has 6 nitrogen and oxygen atoms in total. The molecule has 1 N–H and O–H groups in total. The van der Waals surface area contributed by atoms with Gasteiger partial charge in [0.25, 0.3) is 0 Å². The Hall–Kier alpha value is -1.86. The zero-order valence-corrected chi connectivity index (χ0v) is 15.5. The molecule has 0 saturated carbocycles. The second-order valence-electron chi connectivity index (χ2n) is 6.09. The first-order valence-electron chi connectivity index (χ1n) is 8.69. The molecule has 1 aliphatic heterocycles. The van der Waals surface area contributed by atoms with Gasteiger partial charge in [-0.3, -0.25) is 4.79 Å². The van der Waals surface area contributed by atoms with E-state index < -0.39 is 0 Å². The number of nitrogens with one attached hydrogen (secondary N) is 1. The van der Waals surface area contributed by atoms with E-state index in [1.54, 1.807) is 0 Å². The number of ether oxygens (including phenoxy) is 1. The molecule has 0 radical (unpaired) electrons. The monoisotopic (exact) mass is 360 g/mol. The Labute approximate surface area is 152 Å². The van der Waals surface area contributed by atoms with Crippen LogP contribution in [0.4, 0.5) is 0 Å². The lowest BCUT2D eigenvalue weighted by Crippen LogP contribution is -2.32. The van der Waals surface area contributed by atoms with Gasteiger partial charge in [0.05, 0.1) is 11.9 Å². The summed E-state index contributed by atoms with van der Waals surface area (Å²) in [7, 11) is 0. The van der Waals surface area contributed by atoms with E-state index in [0.717, 1.165) is 48.1 Å². The summed E-state index contributed by atoms with van der Waals surface area (Å²) in [5.74, 6) is 1.19. The lowest BCUT2D eigenvalue weighted by atomic mass is 10.1. The lowest BCUT2D eigenvalue weighted by Gasteiger charge is -2.11.